The van der Waals surface area contributed by atoms with Gasteiger partial charge in [-0.1, -0.05) is 28.9 Å². The number of fused-ring (bicyclic) bond motifs is 1. The van der Waals surface area contributed by atoms with E-state index >= 15 is 0 Å². The topological polar surface area (TPSA) is 0 Å². The number of alkyl halides is 1. The summed E-state index contributed by atoms with van der Waals surface area (Å²) in [6, 6.07) is 4.46. The van der Waals surface area contributed by atoms with E-state index in [9.17, 15) is 0 Å². The minimum Gasteiger partial charge on any atom is -0.143 e. The van der Waals surface area contributed by atoms with Gasteiger partial charge >= 0.3 is 0 Å². The Morgan fingerprint density at radius 3 is 2.79 bits per heavy atom. The molecule has 0 aliphatic heterocycles. The van der Waals surface area contributed by atoms with Crippen LogP contribution in [0.1, 0.15) is 18.1 Å². The Labute approximate surface area is 105 Å². The van der Waals surface area contributed by atoms with E-state index in [2.05, 4.69) is 56.3 Å². The minimum atomic E-state index is 0.933. The largest absolute Gasteiger partial charge is 0.143 e. The highest BCUT2D eigenvalue weighted by atomic mass is 79.9. The lowest BCUT2D eigenvalue weighted by Crippen LogP contribution is -1.89. The van der Waals surface area contributed by atoms with Gasteiger partial charge in [-0.05, 0) is 39.5 Å². The van der Waals surface area contributed by atoms with Crippen molar-refractivity contribution in [3.05, 3.63) is 33.1 Å². The maximum atomic E-state index is 3.61. The van der Waals surface area contributed by atoms with Crippen LogP contribution in [0.15, 0.2) is 22.0 Å². The molecule has 0 saturated heterocycles. The van der Waals surface area contributed by atoms with Crippen LogP contribution in [-0.4, -0.2) is 0 Å². The van der Waals surface area contributed by atoms with Gasteiger partial charge in [-0.15, -0.1) is 11.3 Å². The molecule has 74 valence electrons. The van der Waals surface area contributed by atoms with Crippen molar-refractivity contribution in [2.45, 2.75) is 18.7 Å². The molecular formula is C11H10Br2S. The molecular weight excluding hydrogens is 324 g/mol. The van der Waals surface area contributed by atoms with Gasteiger partial charge in [0.05, 0.1) is 0 Å². The molecule has 0 aliphatic rings. The van der Waals surface area contributed by atoms with Crippen molar-refractivity contribution in [2.75, 3.05) is 0 Å². The van der Waals surface area contributed by atoms with Gasteiger partial charge in [0.2, 0.25) is 0 Å². The first kappa shape index (κ1) is 10.7. The van der Waals surface area contributed by atoms with E-state index < -0.39 is 0 Å². The molecule has 0 saturated carbocycles. The van der Waals surface area contributed by atoms with E-state index in [4.69, 9.17) is 0 Å². The van der Waals surface area contributed by atoms with Crippen molar-refractivity contribution in [1.29, 1.82) is 0 Å². The van der Waals surface area contributed by atoms with E-state index in [-0.39, 0.29) is 0 Å². The number of halogens is 2. The van der Waals surface area contributed by atoms with Gasteiger partial charge in [-0.3, -0.25) is 0 Å². The zero-order chi connectivity index (χ0) is 10.1. The zero-order valence-corrected chi connectivity index (χ0v) is 11.8. The van der Waals surface area contributed by atoms with Gasteiger partial charge < -0.3 is 0 Å². The van der Waals surface area contributed by atoms with Crippen molar-refractivity contribution in [2.24, 2.45) is 0 Å². The molecule has 3 heteroatoms. The van der Waals surface area contributed by atoms with Crippen molar-refractivity contribution in [3.8, 4) is 0 Å². The second-order valence-electron chi connectivity index (χ2n) is 3.15. The fourth-order valence-electron chi connectivity index (χ4n) is 1.69. The fourth-order valence-corrected chi connectivity index (χ4v) is 4.04. The smallest absolute Gasteiger partial charge is 0.0364 e. The van der Waals surface area contributed by atoms with E-state index in [0.717, 1.165) is 11.8 Å². The van der Waals surface area contributed by atoms with Gasteiger partial charge in [0.15, 0.2) is 0 Å². The van der Waals surface area contributed by atoms with Crippen molar-refractivity contribution < 1.29 is 0 Å². The number of benzene rings is 1. The summed E-state index contributed by atoms with van der Waals surface area (Å²) in [6.07, 6.45) is 1.10. The lowest BCUT2D eigenvalue weighted by atomic mass is 10.0. The zero-order valence-electron chi connectivity index (χ0n) is 7.81. The third kappa shape index (κ3) is 1.66. The fraction of sp³-hybridized carbons (Fsp3) is 0.273. The summed E-state index contributed by atoms with van der Waals surface area (Å²) in [5.74, 6) is 0. The molecule has 2 aromatic rings. The second kappa shape index (κ2) is 4.33. The molecule has 0 N–H and O–H groups in total. The molecule has 0 aliphatic carbocycles. The van der Waals surface area contributed by atoms with Gasteiger partial charge in [0.25, 0.3) is 0 Å². The molecule has 1 aromatic carbocycles. The summed E-state index contributed by atoms with van der Waals surface area (Å²) in [7, 11) is 0. The molecule has 0 fully saturated rings. The van der Waals surface area contributed by atoms with Crippen LogP contribution >= 0.6 is 43.2 Å². The van der Waals surface area contributed by atoms with Crippen LogP contribution in [0.4, 0.5) is 0 Å². The molecule has 0 atom stereocenters. The highest BCUT2D eigenvalue weighted by Crippen LogP contribution is 2.35. The summed E-state index contributed by atoms with van der Waals surface area (Å²) < 4.78 is 2.59. The van der Waals surface area contributed by atoms with Gasteiger partial charge in [-0.25, -0.2) is 0 Å². The lowest BCUT2D eigenvalue weighted by Gasteiger charge is -2.06. The lowest BCUT2D eigenvalue weighted by molar-refractivity contribution is 1.12. The van der Waals surface area contributed by atoms with Crippen LogP contribution in [-0.2, 0) is 11.8 Å². The molecule has 0 bridgehead atoms. The normalized spacial score (nSPS) is 11.1. The molecule has 0 unspecified atom stereocenters. The van der Waals surface area contributed by atoms with Crippen LogP contribution < -0.4 is 0 Å². The van der Waals surface area contributed by atoms with E-state index in [1.165, 1.54) is 25.7 Å². The number of rotatable bonds is 2. The molecule has 0 amide bonds. The Morgan fingerprint density at radius 1 is 1.36 bits per heavy atom. The minimum absolute atomic E-state index is 0.933. The molecule has 0 radical (unpaired) electrons. The maximum Gasteiger partial charge on any atom is 0.0364 e. The third-order valence-electron chi connectivity index (χ3n) is 2.41. The standard InChI is InChI=1S/C11H10Br2S/c1-2-7-3-4-10-11(8(7)5-12)9(13)6-14-10/h3-4,6H,2,5H2,1H3. The van der Waals surface area contributed by atoms with Gasteiger partial charge in [0, 0.05) is 25.3 Å². The molecule has 0 nitrogen and oxygen atoms in total. The Bertz CT molecular complexity index is 460. The number of hydrogen-bond acceptors (Lipinski definition) is 1. The maximum absolute atomic E-state index is 3.61. The van der Waals surface area contributed by atoms with E-state index in [1.54, 1.807) is 11.3 Å². The summed E-state index contributed by atoms with van der Waals surface area (Å²) in [5.41, 5.74) is 2.87. The van der Waals surface area contributed by atoms with Crippen LogP contribution in [0.25, 0.3) is 10.1 Å². The average molecular weight is 334 g/mol. The number of hydrogen-bond donors (Lipinski definition) is 0. The van der Waals surface area contributed by atoms with Crippen LogP contribution in [0.3, 0.4) is 0 Å². The first-order valence-electron chi connectivity index (χ1n) is 4.51. The van der Waals surface area contributed by atoms with Gasteiger partial charge in [0.1, 0.15) is 0 Å². The summed E-state index contributed by atoms with van der Waals surface area (Å²) >= 11 is 8.98. The van der Waals surface area contributed by atoms with Crippen molar-refractivity contribution in [1.82, 2.24) is 0 Å². The Morgan fingerprint density at radius 2 is 2.14 bits per heavy atom. The molecule has 14 heavy (non-hydrogen) atoms. The average Bonchev–Trinajstić information content (AvgIpc) is 2.59. The van der Waals surface area contributed by atoms with Crippen LogP contribution in [0.2, 0.25) is 0 Å². The van der Waals surface area contributed by atoms with Gasteiger partial charge in [-0.2, -0.15) is 0 Å². The molecule has 0 spiro atoms. The predicted octanol–water partition coefficient (Wildman–Crippen LogP) is 5.12. The van der Waals surface area contributed by atoms with E-state index in [0.29, 0.717) is 0 Å². The van der Waals surface area contributed by atoms with Crippen molar-refractivity contribution >= 4 is 53.3 Å². The SMILES string of the molecule is CCc1ccc2scc(Br)c2c1CBr. The summed E-state index contributed by atoms with van der Waals surface area (Å²) in [4.78, 5) is 0. The monoisotopic (exact) mass is 332 g/mol. The Kier molecular flexibility index (Phi) is 3.30. The third-order valence-corrected chi connectivity index (χ3v) is 4.85. The van der Waals surface area contributed by atoms with Crippen LogP contribution in [0, 0.1) is 0 Å². The number of aryl methyl sites for hydroxylation is 1. The Hall–Kier alpha value is 0.140. The Balaban J connectivity index is 2.81. The van der Waals surface area contributed by atoms with Crippen LogP contribution in [0.5, 0.6) is 0 Å². The first-order valence-corrected chi connectivity index (χ1v) is 7.30. The van der Waals surface area contributed by atoms with E-state index in [1.807, 2.05) is 0 Å². The highest BCUT2D eigenvalue weighted by Gasteiger charge is 2.09. The summed E-state index contributed by atoms with van der Waals surface area (Å²) in [6.45, 7) is 2.20. The summed E-state index contributed by atoms with van der Waals surface area (Å²) in [5, 5.41) is 4.48. The molecule has 1 aromatic heterocycles. The van der Waals surface area contributed by atoms with Crippen molar-refractivity contribution in [3.63, 3.8) is 0 Å². The highest BCUT2D eigenvalue weighted by molar-refractivity contribution is 9.10. The molecule has 2 rings (SSSR count). The first-order chi connectivity index (χ1) is 6.77. The quantitative estimate of drug-likeness (QED) is 0.669. The predicted molar refractivity (Wildman–Crippen MR) is 71.5 cm³/mol. The number of thiophene rings is 1. The second-order valence-corrected chi connectivity index (χ2v) is 5.47. The molecule has 1 heterocycles.